The number of rotatable bonds is 28. The Morgan fingerprint density at radius 1 is 0.710 bits per heavy atom. The van der Waals surface area contributed by atoms with Gasteiger partial charge in [0.15, 0.2) is 0 Å². The molecule has 0 aliphatic rings. The average molecular weight is 869 g/mol. The first-order valence-corrected chi connectivity index (χ1v) is 21.5. The molecule has 6 unspecified atom stereocenters. The fraction of sp³-hybridized carbons (Fsp3) is 0.609. The second-order valence-electron chi connectivity index (χ2n) is 17.7. The number of benzene rings is 2. The quantitative estimate of drug-likeness (QED) is 0.0265. The van der Waals surface area contributed by atoms with Gasteiger partial charge in [-0.25, -0.2) is 15.0 Å². The number of amides is 6. The monoisotopic (exact) mass is 869 g/mol. The molecule has 0 fully saturated rings. The minimum Gasteiger partial charge on any atom is -0.497 e. The molecule has 346 valence electrons. The van der Waals surface area contributed by atoms with E-state index in [9.17, 15) is 34.0 Å². The minimum absolute atomic E-state index is 0.238. The second kappa shape index (κ2) is 26.4. The summed E-state index contributed by atoms with van der Waals surface area (Å²) in [7, 11) is 1.58. The summed E-state index contributed by atoms with van der Waals surface area (Å²) in [5.74, 6) is -2.91. The Morgan fingerprint density at radius 3 is 1.68 bits per heavy atom. The number of ether oxygens (including phenoxy) is 2. The zero-order chi connectivity index (χ0) is 46.5. The lowest BCUT2D eigenvalue weighted by molar-refractivity contribution is -0.196. The van der Waals surface area contributed by atoms with E-state index in [1.807, 2.05) is 82.3 Å². The van der Waals surface area contributed by atoms with Crippen molar-refractivity contribution in [3.8, 4) is 5.75 Å². The molecule has 16 nitrogen and oxygen atoms in total. The molecule has 0 spiro atoms. The summed E-state index contributed by atoms with van der Waals surface area (Å²) in [5, 5.41) is 23.0. The number of aryl methyl sites for hydroxylation is 2. The van der Waals surface area contributed by atoms with Crippen LogP contribution < -0.4 is 26.0 Å². The number of carbonyl (C=O) groups excluding carboxylic acids is 6. The zero-order valence-corrected chi connectivity index (χ0v) is 38.4. The van der Waals surface area contributed by atoms with Crippen LogP contribution in [0.15, 0.2) is 54.6 Å². The van der Waals surface area contributed by atoms with Crippen LogP contribution in [0.25, 0.3) is 0 Å². The van der Waals surface area contributed by atoms with Gasteiger partial charge in [0.1, 0.15) is 24.6 Å². The maximum Gasteiger partial charge on any atom is 0.244 e. The number of carbonyl (C=O) groups is 6. The maximum atomic E-state index is 14.1. The summed E-state index contributed by atoms with van der Waals surface area (Å²) < 4.78 is 10.6. The van der Waals surface area contributed by atoms with E-state index in [1.54, 1.807) is 41.7 Å². The molecule has 62 heavy (non-hydrogen) atoms. The summed E-state index contributed by atoms with van der Waals surface area (Å²) in [4.78, 5) is 84.9. The van der Waals surface area contributed by atoms with E-state index in [4.69, 9.17) is 14.3 Å². The maximum absolute atomic E-state index is 14.1. The summed E-state index contributed by atoms with van der Waals surface area (Å²) in [6.07, 6.45) is 3.74. The standard InChI is InChI=1S/C46H72N6O10/c1-11-61-28-27-47-43(57)39(45(4,5)6)49-42(56)38(22-15-19-34-17-13-12-14-18-34)33(3)52(31-54)62-29-48-44(58)40(46(7,8)9)50-41(55)37(32(2)51(59)30-53)21-16-20-35-23-25-36(60-10)26-24-35/h12-14,17-18,23-26,30-33,37-40,59H,11,15-16,19-22,27-29H2,1-10H3,(H,47,57)(H,48,58)(H,49,56)(H,50,55). The fourth-order valence-corrected chi connectivity index (χ4v) is 7.00. The van der Waals surface area contributed by atoms with E-state index < -0.39 is 71.3 Å². The van der Waals surface area contributed by atoms with Gasteiger partial charge in [0, 0.05) is 13.2 Å². The molecule has 0 aliphatic carbocycles. The molecule has 2 rings (SSSR count). The highest BCUT2D eigenvalue weighted by Gasteiger charge is 2.39. The Bertz CT molecular complexity index is 1680. The van der Waals surface area contributed by atoms with Gasteiger partial charge in [-0.3, -0.25) is 34.0 Å². The van der Waals surface area contributed by atoms with Crippen molar-refractivity contribution in [2.75, 3.05) is 33.6 Å². The molecule has 2 aromatic carbocycles. The molecule has 6 atom stereocenters. The minimum atomic E-state index is -1.09. The summed E-state index contributed by atoms with van der Waals surface area (Å²) in [6, 6.07) is 13.6. The van der Waals surface area contributed by atoms with Gasteiger partial charge in [-0.1, -0.05) is 84.0 Å². The van der Waals surface area contributed by atoms with Crippen molar-refractivity contribution in [1.29, 1.82) is 0 Å². The third-order valence-electron chi connectivity index (χ3n) is 10.9. The first kappa shape index (κ1) is 53.1. The number of methoxy groups -OCH3 is 1. The van der Waals surface area contributed by atoms with Crippen LogP contribution in [0.4, 0.5) is 0 Å². The Kier molecular flexibility index (Phi) is 22.6. The van der Waals surface area contributed by atoms with Crippen molar-refractivity contribution in [3.63, 3.8) is 0 Å². The molecule has 5 N–H and O–H groups in total. The molecule has 0 saturated heterocycles. The number of nitrogens with one attached hydrogen (secondary N) is 4. The lowest BCUT2D eigenvalue weighted by Crippen LogP contribution is -2.57. The Hall–Kier alpha value is -5.06. The van der Waals surface area contributed by atoms with Crippen molar-refractivity contribution in [1.82, 2.24) is 31.4 Å². The predicted octanol–water partition coefficient (Wildman–Crippen LogP) is 4.58. The normalized spacial score (nSPS) is 14.5. The fourth-order valence-electron chi connectivity index (χ4n) is 7.00. The molecule has 0 radical (unpaired) electrons. The Morgan fingerprint density at radius 2 is 1.21 bits per heavy atom. The highest BCUT2D eigenvalue weighted by molar-refractivity contribution is 5.90. The molecule has 0 bridgehead atoms. The number of nitrogens with zero attached hydrogens (tertiary/aromatic N) is 2. The number of hydroxylamine groups is 4. The number of hydrogen-bond donors (Lipinski definition) is 5. The van der Waals surface area contributed by atoms with Crippen molar-refractivity contribution < 1.29 is 48.3 Å². The molecule has 0 saturated carbocycles. The highest BCUT2D eigenvalue weighted by Crippen LogP contribution is 2.25. The molecule has 16 heteroatoms. The molecule has 0 heterocycles. The lowest BCUT2D eigenvalue weighted by atomic mass is 9.84. The van der Waals surface area contributed by atoms with Gasteiger partial charge in [-0.05, 0) is 93.4 Å². The molecular weight excluding hydrogens is 797 g/mol. The second-order valence-corrected chi connectivity index (χ2v) is 17.7. The zero-order valence-electron chi connectivity index (χ0n) is 38.4. The van der Waals surface area contributed by atoms with Crippen LogP contribution in [0, 0.1) is 22.7 Å². The largest absolute Gasteiger partial charge is 0.497 e. The van der Waals surface area contributed by atoms with Crippen LogP contribution in [0.5, 0.6) is 5.75 Å². The predicted molar refractivity (Wildman–Crippen MR) is 235 cm³/mol. The van der Waals surface area contributed by atoms with E-state index in [0.29, 0.717) is 63.2 Å². The summed E-state index contributed by atoms with van der Waals surface area (Å²) in [5.41, 5.74) is 0.635. The van der Waals surface area contributed by atoms with Gasteiger partial charge in [-0.2, -0.15) is 0 Å². The van der Waals surface area contributed by atoms with Gasteiger partial charge in [0.25, 0.3) is 0 Å². The van der Waals surface area contributed by atoms with Crippen molar-refractivity contribution >= 4 is 36.4 Å². The van der Waals surface area contributed by atoms with Crippen molar-refractivity contribution in [3.05, 3.63) is 65.7 Å². The average Bonchev–Trinajstić information content (AvgIpc) is 3.23. The molecule has 0 aromatic heterocycles. The van der Waals surface area contributed by atoms with Gasteiger partial charge in [-0.15, -0.1) is 0 Å². The topological polar surface area (TPSA) is 205 Å². The van der Waals surface area contributed by atoms with Gasteiger partial charge >= 0.3 is 0 Å². The van der Waals surface area contributed by atoms with E-state index in [2.05, 4.69) is 21.3 Å². The van der Waals surface area contributed by atoms with Crippen LogP contribution in [0.2, 0.25) is 0 Å². The first-order valence-electron chi connectivity index (χ1n) is 21.5. The van der Waals surface area contributed by atoms with E-state index in [1.165, 1.54) is 0 Å². The van der Waals surface area contributed by atoms with Gasteiger partial charge in [0.2, 0.25) is 36.4 Å². The SMILES string of the molecule is CCOCCNC(=O)C(NC(=O)C(CCCc1ccccc1)C(C)N(C=O)OCNC(=O)C(NC(=O)C(CCCc1ccc(OC)cc1)C(C)N(O)C=O)C(C)(C)C)C(C)(C)C. The van der Waals surface area contributed by atoms with Gasteiger partial charge < -0.3 is 30.7 Å². The van der Waals surface area contributed by atoms with Crippen molar-refractivity contribution in [2.24, 2.45) is 22.7 Å². The van der Waals surface area contributed by atoms with Gasteiger partial charge in [0.05, 0.1) is 37.6 Å². The van der Waals surface area contributed by atoms with E-state index in [-0.39, 0.29) is 18.9 Å². The van der Waals surface area contributed by atoms with E-state index >= 15 is 0 Å². The third-order valence-corrected chi connectivity index (χ3v) is 10.9. The van der Waals surface area contributed by atoms with Crippen LogP contribution in [-0.4, -0.2) is 110 Å². The van der Waals surface area contributed by atoms with Crippen LogP contribution in [0.3, 0.4) is 0 Å². The van der Waals surface area contributed by atoms with Crippen LogP contribution in [0.1, 0.15) is 99.1 Å². The third kappa shape index (κ3) is 17.7. The van der Waals surface area contributed by atoms with Crippen LogP contribution >= 0.6 is 0 Å². The lowest BCUT2D eigenvalue weighted by Gasteiger charge is -2.35. The Balaban J connectivity index is 2.22. The summed E-state index contributed by atoms with van der Waals surface area (Å²) in [6.45, 7) is 16.6. The van der Waals surface area contributed by atoms with Crippen LogP contribution in [-0.2, 0) is 51.2 Å². The van der Waals surface area contributed by atoms with Crippen molar-refractivity contribution in [2.45, 2.75) is 125 Å². The van der Waals surface area contributed by atoms with E-state index in [0.717, 1.165) is 21.9 Å². The molecular formula is C46H72N6O10. The number of hydrogen-bond acceptors (Lipinski definition) is 10. The smallest absolute Gasteiger partial charge is 0.244 e. The summed E-state index contributed by atoms with van der Waals surface area (Å²) >= 11 is 0. The molecule has 2 aromatic rings. The molecule has 0 aliphatic heterocycles. The first-order chi connectivity index (χ1) is 29.3. The Labute approximate surface area is 368 Å². The highest BCUT2D eigenvalue weighted by atomic mass is 16.7. The molecule has 6 amide bonds.